The second-order valence-electron chi connectivity index (χ2n) is 5.13. The molecule has 0 unspecified atom stereocenters. The van der Waals surface area contributed by atoms with E-state index in [9.17, 15) is 0 Å². The standard InChI is InChI=1S/C9H10.C8H17N/c1-8(2)9-6-4-3-5-7-9;1-2-3-8-4-6-9-7-5-8/h3-7H,1H2,2H3;8-9H,2-7H2,1H3. The monoisotopic (exact) mass is 245 g/mol. The molecule has 0 amide bonds. The summed E-state index contributed by atoms with van der Waals surface area (Å²) < 4.78 is 0. The maximum absolute atomic E-state index is 3.83. The van der Waals surface area contributed by atoms with Crippen LogP contribution in [0.3, 0.4) is 0 Å². The van der Waals surface area contributed by atoms with Crippen molar-refractivity contribution in [2.45, 2.75) is 39.5 Å². The van der Waals surface area contributed by atoms with Crippen LogP contribution in [0.5, 0.6) is 0 Å². The summed E-state index contributed by atoms with van der Waals surface area (Å²) in [7, 11) is 0. The Morgan fingerprint density at radius 1 is 1.22 bits per heavy atom. The van der Waals surface area contributed by atoms with Crippen LogP contribution in [0.1, 0.15) is 45.1 Å². The van der Waals surface area contributed by atoms with Crippen molar-refractivity contribution in [1.82, 2.24) is 5.32 Å². The Hall–Kier alpha value is -1.08. The maximum atomic E-state index is 3.83. The zero-order chi connectivity index (χ0) is 13.2. The number of hydrogen-bond donors (Lipinski definition) is 1. The molecule has 0 aliphatic carbocycles. The van der Waals surface area contributed by atoms with Crippen molar-refractivity contribution in [3.8, 4) is 0 Å². The zero-order valence-corrected chi connectivity index (χ0v) is 11.9. The Morgan fingerprint density at radius 3 is 2.28 bits per heavy atom. The SMILES string of the molecule is C=C(C)c1ccccc1.CCCC1CCNCC1. The van der Waals surface area contributed by atoms with Gasteiger partial charge in [0.1, 0.15) is 0 Å². The molecule has 1 saturated heterocycles. The lowest BCUT2D eigenvalue weighted by molar-refractivity contribution is 0.351. The Bertz CT molecular complexity index is 320. The molecular formula is C17H27N. The van der Waals surface area contributed by atoms with Crippen molar-refractivity contribution in [1.29, 1.82) is 0 Å². The van der Waals surface area contributed by atoms with Crippen molar-refractivity contribution in [2.24, 2.45) is 5.92 Å². The van der Waals surface area contributed by atoms with E-state index in [4.69, 9.17) is 0 Å². The molecule has 0 radical (unpaired) electrons. The summed E-state index contributed by atoms with van der Waals surface area (Å²) in [5.74, 6) is 1.04. The van der Waals surface area contributed by atoms with Crippen LogP contribution < -0.4 is 5.32 Å². The summed E-state index contributed by atoms with van der Waals surface area (Å²) in [5, 5.41) is 3.37. The van der Waals surface area contributed by atoms with Gasteiger partial charge in [-0.05, 0) is 44.3 Å². The predicted octanol–water partition coefficient (Wildman–Crippen LogP) is 4.51. The molecule has 1 nitrogen and oxygen atoms in total. The normalized spacial score (nSPS) is 15.7. The number of nitrogens with one attached hydrogen (secondary N) is 1. The first-order chi connectivity index (χ1) is 8.74. The number of hydrogen-bond acceptors (Lipinski definition) is 1. The highest BCUT2D eigenvalue weighted by Gasteiger charge is 2.10. The molecule has 2 rings (SSSR count). The second kappa shape index (κ2) is 8.93. The molecule has 1 aromatic rings. The van der Waals surface area contributed by atoms with Gasteiger partial charge in [-0.15, -0.1) is 0 Å². The number of benzene rings is 1. The van der Waals surface area contributed by atoms with Crippen LogP contribution in [0.25, 0.3) is 5.57 Å². The van der Waals surface area contributed by atoms with Gasteiger partial charge in [0.2, 0.25) is 0 Å². The van der Waals surface area contributed by atoms with Gasteiger partial charge in [0.25, 0.3) is 0 Å². The second-order valence-corrected chi connectivity index (χ2v) is 5.13. The summed E-state index contributed by atoms with van der Waals surface area (Å²) in [4.78, 5) is 0. The van der Waals surface area contributed by atoms with E-state index in [0.29, 0.717) is 0 Å². The first-order valence-electron chi connectivity index (χ1n) is 7.15. The lowest BCUT2D eigenvalue weighted by Crippen LogP contribution is -2.27. The quantitative estimate of drug-likeness (QED) is 0.826. The molecule has 1 heteroatoms. The Kier molecular flexibility index (Phi) is 7.43. The van der Waals surface area contributed by atoms with Gasteiger partial charge >= 0.3 is 0 Å². The number of rotatable bonds is 3. The highest BCUT2D eigenvalue weighted by Crippen LogP contribution is 2.16. The molecule has 0 bridgehead atoms. The van der Waals surface area contributed by atoms with E-state index in [-0.39, 0.29) is 0 Å². The first kappa shape index (κ1) is 15.0. The van der Waals surface area contributed by atoms with E-state index in [2.05, 4.69) is 31.0 Å². The molecule has 1 N–H and O–H groups in total. The Labute approximate surface area is 112 Å². The minimum atomic E-state index is 1.04. The molecule has 1 heterocycles. The topological polar surface area (TPSA) is 12.0 Å². The number of piperidine rings is 1. The predicted molar refractivity (Wildman–Crippen MR) is 81.7 cm³/mol. The molecule has 0 spiro atoms. The summed E-state index contributed by atoms with van der Waals surface area (Å²) in [5.41, 5.74) is 2.34. The molecular weight excluding hydrogens is 218 g/mol. The van der Waals surface area contributed by atoms with E-state index < -0.39 is 0 Å². The van der Waals surface area contributed by atoms with Gasteiger partial charge in [-0.1, -0.05) is 62.2 Å². The Balaban J connectivity index is 0.000000180. The molecule has 18 heavy (non-hydrogen) atoms. The fourth-order valence-corrected chi connectivity index (χ4v) is 2.30. The van der Waals surface area contributed by atoms with Gasteiger partial charge in [-0.2, -0.15) is 0 Å². The molecule has 0 atom stereocenters. The first-order valence-corrected chi connectivity index (χ1v) is 7.15. The van der Waals surface area contributed by atoms with Crippen molar-refractivity contribution >= 4 is 5.57 Å². The maximum Gasteiger partial charge on any atom is -0.00463 e. The van der Waals surface area contributed by atoms with Crippen molar-refractivity contribution in [2.75, 3.05) is 13.1 Å². The minimum absolute atomic E-state index is 1.04. The highest BCUT2D eigenvalue weighted by molar-refractivity contribution is 5.60. The van der Waals surface area contributed by atoms with Crippen molar-refractivity contribution in [3.63, 3.8) is 0 Å². The van der Waals surface area contributed by atoms with E-state index in [0.717, 1.165) is 11.5 Å². The van der Waals surface area contributed by atoms with Crippen LogP contribution >= 0.6 is 0 Å². The molecule has 1 aromatic carbocycles. The fraction of sp³-hybridized carbons (Fsp3) is 0.529. The zero-order valence-electron chi connectivity index (χ0n) is 11.9. The lowest BCUT2D eigenvalue weighted by atomic mass is 9.94. The van der Waals surface area contributed by atoms with Crippen molar-refractivity contribution in [3.05, 3.63) is 42.5 Å². The van der Waals surface area contributed by atoms with Crippen LogP contribution in [0.4, 0.5) is 0 Å². The van der Waals surface area contributed by atoms with E-state index in [1.807, 2.05) is 25.1 Å². The van der Waals surface area contributed by atoms with E-state index >= 15 is 0 Å². The molecule has 0 saturated carbocycles. The molecule has 1 aliphatic rings. The van der Waals surface area contributed by atoms with Crippen LogP contribution in [0.15, 0.2) is 36.9 Å². The summed E-state index contributed by atoms with van der Waals surface area (Å²) >= 11 is 0. The van der Waals surface area contributed by atoms with Crippen LogP contribution in [0, 0.1) is 5.92 Å². The summed E-state index contributed by atoms with van der Waals surface area (Å²) in [6.07, 6.45) is 5.63. The highest BCUT2D eigenvalue weighted by atomic mass is 14.9. The third-order valence-corrected chi connectivity index (χ3v) is 3.42. The van der Waals surface area contributed by atoms with Gasteiger partial charge in [0.05, 0.1) is 0 Å². The average Bonchev–Trinajstić information content (AvgIpc) is 2.42. The summed E-state index contributed by atoms with van der Waals surface area (Å²) in [6.45, 7) is 10.6. The van der Waals surface area contributed by atoms with Gasteiger partial charge in [0.15, 0.2) is 0 Å². The molecule has 100 valence electrons. The Morgan fingerprint density at radius 2 is 1.83 bits per heavy atom. The van der Waals surface area contributed by atoms with Crippen LogP contribution in [-0.4, -0.2) is 13.1 Å². The van der Waals surface area contributed by atoms with Gasteiger partial charge in [-0.3, -0.25) is 0 Å². The molecule has 1 fully saturated rings. The smallest absolute Gasteiger partial charge is 0.00463 e. The van der Waals surface area contributed by atoms with Crippen molar-refractivity contribution < 1.29 is 0 Å². The third-order valence-electron chi connectivity index (χ3n) is 3.42. The summed E-state index contributed by atoms with van der Waals surface area (Å²) in [6, 6.07) is 10.2. The van der Waals surface area contributed by atoms with E-state index in [1.54, 1.807) is 0 Å². The van der Waals surface area contributed by atoms with E-state index in [1.165, 1.54) is 44.3 Å². The van der Waals surface area contributed by atoms with Crippen LogP contribution in [-0.2, 0) is 0 Å². The minimum Gasteiger partial charge on any atom is -0.317 e. The largest absolute Gasteiger partial charge is 0.317 e. The average molecular weight is 245 g/mol. The van der Waals surface area contributed by atoms with Gasteiger partial charge in [-0.25, -0.2) is 0 Å². The molecule has 0 aromatic heterocycles. The van der Waals surface area contributed by atoms with Crippen LogP contribution in [0.2, 0.25) is 0 Å². The van der Waals surface area contributed by atoms with Gasteiger partial charge in [0, 0.05) is 0 Å². The third kappa shape index (κ3) is 6.02. The fourth-order valence-electron chi connectivity index (χ4n) is 2.30. The lowest BCUT2D eigenvalue weighted by Gasteiger charge is -2.21. The van der Waals surface area contributed by atoms with Gasteiger partial charge < -0.3 is 5.32 Å². The number of allylic oxidation sites excluding steroid dienone is 1. The molecule has 1 aliphatic heterocycles.